The molecule has 1 aromatic heterocycles. The number of benzene rings is 2. The summed E-state index contributed by atoms with van der Waals surface area (Å²) in [6.45, 7) is 0.428. The summed E-state index contributed by atoms with van der Waals surface area (Å²) in [5.74, 6) is -0.531. The fourth-order valence-electron chi connectivity index (χ4n) is 3.14. The quantitative estimate of drug-likeness (QED) is 0.486. The molecule has 0 unspecified atom stereocenters. The average molecular weight is 475 g/mol. The van der Waals surface area contributed by atoms with E-state index in [2.05, 4.69) is 5.32 Å². The van der Waals surface area contributed by atoms with E-state index in [4.69, 9.17) is 0 Å². The second-order valence-electron chi connectivity index (χ2n) is 7.04. The van der Waals surface area contributed by atoms with Crippen molar-refractivity contribution in [1.29, 1.82) is 0 Å². The molecule has 0 saturated carbocycles. The number of nitrogens with one attached hydrogen (secondary N) is 1. The van der Waals surface area contributed by atoms with Gasteiger partial charge in [-0.15, -0.1) is 11.3 Å². The van der Waals surface area contributed by atoms with E-state index in [-0.39, 0.29) is 11.8 Å². The van der Waals surface area contributed by atoms with Crippen LogP contribution in [0.1, 0.15) is 26.4 Å². The van der Waals surface area contributed by atoms with Crippen molar-refractivity contribution in [1.82, 2.24) is 5.32 Å². The van der Waals surface area contributed by atoms with Crippen molar-refractivity contribution in [3.8, 4) is 0 Å². The van der Waals surface area contributed by atoms with Gasteiger partial charge in [0.2, 0.25) is 0 Å². The van der Waals surface area contributed by atoms with Crippen LogP contribution in [-0.4, -0.2) is 18.9 Å². The standard InChI is InChI=1S/C23H17F3N2O2S2/c1-28-18-12-15(21(29)27-13-17-3-2-10-31-17)6-9-19(18)32-20(22(28)30)11-14-4-7-16(8-5-14)23(24,25)26/h2-12H,13H2,1H3,(H,27,29). The molecule has 0 bridgehead atoms. The number of carbonyl (C=O) groups excluding carboxylic acids is 2. The van der Waals surface area contributed by atoms with Crippen LogP contribution in [0.2, 0.25) is 0 Å². The Hall–Kier alpha value is -3.04. The molecule has 164 valence electrons. The third-order valence-corrected chi connectivity index (χ3v) is 6.81. The average Bonchev–Trinajstić information content (AvgIpc) is 3.29. The molecule has 0 fully saturated rings. The van der Waals surface area contributed by atoms with Crippen molar-refractivity contribution >= 4 is 46.7 Å². The van der Waals surface area contributed by atoms with Gasteiger partial charge in [-0.3, -0.25) is 9.59 Å². The molecule has 32 heavy (non-hydrogen) atoms. The number of likely N-dealkylation sites (N-methyl/N-ethyl adjacent to an activating group) is 1. The highest BCUT2D eigenvalue weighted by Gasteiger charge is 2.30. The third-order valence-electron chi connectivity index (χ3n) is 4.86. The van der Waals surface area contributed by atoms with Gasteiger partial charge in [-0.1, -0.05) is 30.0 Å². The van der Waals surface area contributed by atoms with E-state index in [1.165, 1.54) is 28.8 Å². The first-order valence-electron chi connectivity index (χ1n) is 9.52. The minimum atomic E-state index is -4.41. The van der Waals surface area contributed by atoms with Gasteiger partial charge < -0.3 is 10.2 Å². The largest absolute Gasteiger partial charge is 0.416 e. The summed E-state index contributed by atoms with van der Waals surface area (Å²) < 4.78 is 38.3. The summed E-state index contributed by atoms with van der Waals surface area (Å²) in [6, 6.07) is 13.6. The highest BCUT2D eigenvalue weighted by molar-refractivity contribution is 8.04. The van der Waals surface area contributed by atoms with E-state index in [9.17, 15) is 22.8 Å². The van der Waals surface area contributed by atoms with Gasteiger partial charge in [0.15, 0.2) is 0 Å². The van der Waals surface area contributed by atoms with Crippen LogP contribution in [0, 0.1) is 0 Å². The second kappa shape index (κ2) is 8.84. The van der Waals surface area contributed by atoms with Gasteiger partial charge in [0, 0.05) is 22.4 Å². The maximum absolute atomic E-state index is 12.8. The summed E-state index contributed by atoms with van der Waals surface area (Å²) in [6.07, 6.45) is -2.84. The van der Waals surface area contributed by atoms with Crippen molar-refractivity contribution in [3.05, 3.63) is 86.5 Å². The maximum atomic E-state index is 12.8. The predicted octanol–water partition coefficient (Wildman–Crippen LogP) is 5.81. The zero-order chi connectivity index (χ0) is 22.9. The molecule has 3 aromatic rings. The number of fused-ring (bicyclic) bond motifs is 1. The molecule has 2 aromatic carbocycles. The van der Waals surface area contributed by atoms with Crippen molar-refractivity contribution in [2.24, 2.45) is 0 Å². The number of thioether (sulfide) groups is 1. The van der Waals surface area contributed by atoms with Gasteiger partial charge in [-0.05, 0) is 53.4 Å². The van der Waals surface area contributed by atoms with Crippen LogP contribution in [0.4, 0.5) is 18.9 Å². The maximum Gasteiger partial charge on any atom is 0.416 e. The zero-order valence-corrected chi connectivity index (χ0v) is 18.4. The molecule has 0 atom stereocenters. The monoisotopic (exact) mass is 474 g/mol. The molecular formula is C23H17F3N2O2S2. The Balaban J connectivity index is 1.53. The van der Waals surface area contributed by atoms with Gasteiger partial charge in [0.1, 0.15) is 0 Å². The van der Waals surface area contributed by atoms with Crippen LogP contribution in [0.5, 0.6) is 0 Å². The first kappa shape index (κ1) is 22.2. The lowest BCUT2D eigenvalue weighted by Crippen LogP contribution is -2.31. The highest BCUT2D eigenvalue weighted by Crippen LogP contribution is 2.42. The summed E-state index contributed by atoms with van der Waals surface area (Å²) in [7, 11) is 1.61. The zero-order valence-electron chi connectivity index (χ0n) is 16.8. The summed E-state index contributed by atoms with van der Waals surface area (Å²) in [4.78, 5) is 29.0. The molecule has 9 heteroatoms. The Kier molecular flexibility index (Phi) is 6.12. The smallest absolute Gasteiger partial charge is 0.347 e. The summed E-state index contributed by atoms with van der Waals surface area (Å²) in [5, 5.41) is 4.80. The highest BCUT2D eigenvalue weighted by atomic mass is 32.2. The van der Waals surface area contributed by atoms with Gasteiger partial charge in [-0.25, -0.2) is 0 Å². The molecule has 0 saturated heterocycles. The van der Waals surface area contributed by atoms with Crippen LogP contribution in [-0.2, 0) is 17.5 Å². The van der Waals surface area contributed by atoms with Crippen LogP contribution in [0.15, 0.2) is 69.8 Å². The number of alkyl halides is 3. The number of carbonyl (C=O) groups is 2. The Morgan fingerprint density at radius 1 is 1.12 bits per heavy atom. The van der Waals surface area contributed by atoms with Gasteiger partial charge in [0.25, 0.3) is 11.8 Å². The molecule has 0 radical (unpaired) electrons. The molecule has 1 aliphatic rings. The lowest BCUT2D eigenvalue weighted by Gasteiger charge is -2.27. The second-order valence-corrected chi connectivity index (χ2v) is 9.16. The van der Waals surface area contributed by atoms with E-state index in [0.717, 1.165) is 21.9 Å². The summed E-state index contributed by atoms with van der Waals surface area (Å²) in [5.41, 5.74) is 0.800. The van der Waals surface area contributed by atoms with E-state index >= 15 is 0 Å². The van der Waals surface area contributed by atoms with Gasteiger partial charge >= 0.3 is 6.18 Å². The first-order chi connectivity index (χ1) is 15.2. The van der Waals surface area contributed by atoms with Gasteiger partial charge in [-0.2, -0.15) is 13.2 Å². The molecule has 4 nitrogen and oxygen atoms in total. The van der Waals surface area contributed by atoms with Crippen LogP contribution < -0.4 is 10.2 Å². The molecule has 1 aliphatic heterocycles. The number of thiophene rings is 1. The normalized spacial score (nSPS) is 15.1. The fraction of sp³-hybridized carbons (Fsp3) is 0.130. The molecule has 0 aliphatic carbocycles. The van der Waals surface area contributed by atoms with Gasteiger partial charge in [0.05, 0.1) is 22.7 Å². The van der Waals surface area contributed by atoms with E-state index in [0.29, 0.717) is 28.3 Å². The number of nitrogens with zero attached hydrogens (tertiary/aromatic N) is 1. The van der Waals surface area contributed by atoms with Crippen molar-refractivity contribution < 1.29 is 22.8 Å². The molecule has 1 N–H and O–H groups in total. The minimum Gasteiger partial charge on any atom is -0.347 e. The topological polar surface area (TPSA) is 49.4 Å². The molecular weight excluding hydrogens is 457 g/mol. The van der Waals surface area contributed by atoms with E-state index in [1.54, 1.807) is 42.7 Å². The number of hydrogen-bond donors (Lipinski definition) is 1. The van der Waals surface area contributed by atoms with E-state index < -0.39 is 11.7 Å². The number of amides is 2. The number of rotatable bonds is 4. The Morgan fingerprint density at radius 2 is 1.88 bits per heavy atom. The lowest BCUT2D eigenvalue weighted by molar-refractivity contribution is -0.137. The van der Waals surface area contributed by atoms with Crippen LogP contribution in [0.25, 0.3) is 6.08 Å². The molecule has 2 amide bonds. The van der Waals surface area contributed by atoms with Crippen molar-refractivity contribution in [2.45, 2.75) is 17.6 Å². The first-order valence-corrected chi connectivity index (χ1v) is 11.2. The summed E-state index contributed by atoms with van der Waals surface area (Å²) >= 11 is 2.78. The Morgan fingerprint density at radius 3 is 2.53 bits per heavy atom. The SMILES string of the molecule is CN1C(=O)C(=Cc2ccc(C(F)(F)F)cc2)Sc2ccc(C(=O)NCc3cccs3)cc21. The minimum absolute atomic E-state index is 0.238. The lowest BCUT2D eigenvalue weighted by atomic mass is 10.1. The fourth-order valence-corrected chi connectivity index (χ4v) is 4.87. The number of anilines is 1. The molecule has 4 rings (SSSR count). The number of hydrogen-bond acceptors (Lipinski definition) is 4. The third kappa shape index (κ3) is 4.73. The van der Waals surface area contributed by atoms with Crippen molar-refractivity contribution in [2.75, 3.05) is 11.9 Å². The predicted molar refractivity (Wildman–Crippen MR) is 121 cm³/mol. The van der Waals surface area contributed by atoms with E-state index in [1.807, 2.05) is 17.5 Å². The van der Waals surface area contributed by atoms with Crippen LogP contribution in [0.3, 0.4) is 0 Å². The van der Waals surface area contributed by atoms with Crippen molar-refractivity contribution in [3.63, 3.8) is 0 Å². The Labute approximate surface area is 190 Å². The molecule has 0 spiro atoms. The van der Waals surface area contributed by atoms with Crippen LogP contribution >= 0.6 is 23.1 Å². The molecule has 2 heterocycles. The number of halogens is 3. The Bertz CT molecular complexity index is 1190.